The van der Waals surface area contributed by atoms with Crippen LogP contribution < -0.4 is 10.1 Å². The van der Waals surface area contributed by atoms with Crippen molar-refractivity contribution in [3.8, 4) is 17.1 Å². The smallest absolute Gasteiger partial charge is 0.239 e. The normalized spacial score (nSPS) is 12.0. The fraction of sp³-hybridized carbons (Fsp3) is 0.250. The van der Waals surface area contributed by atoms with Gasteiger partial charge in [-0.05, 0) is 31.2 Å². The highest BCUT2D eigenvalue weighted by Crippen LogP contribution is 2.27. The third-order valence-corrected chi connectivity index (χ3v) is 5.32. The van der Waals surface area contributed by atoms with E-state index in [1.807, 2.05) is 48.2 Å². The van der Waals surface area contributed by atoms with Crippen LogP contribution in [0.5, 0.6) is 5.75 Å². The second kappa shape index (κ2) is 7.66. The topological polar surface area (TPSA) is 81.9 Å². The van der Waals surface area contributed by atoms with Crippen molar-refractivity contribution in [2.75, 3.05) is 12.4 Å². The van der Waals surface area contributed by atoms with Crippen LogP contribution in [-0.2, 0) is 11.8 Å². The first-order valence-electron chi connectivity index (χ1n) is 7.49. The van der Waals surface area contributed by atoms with Crippen molar-refractivity contribution in [1.82, 2.24) is 19.7 Å². The van der Waals surface area contributed by atoms with Crippen LogP contribution in [0.15, 0.2) is 41.0 Å². The molecule has 0 aliphatic rings. The number of anilines is 1. The van der Waals surface area contributed by atoms with Gasteiger partial charge in [-0.1, -0.05) is 11.8 Å². The minimum atomic E-state index is -0.324. The van der Waals surface area contributed by atoms with Gasteiger partial charge in [-0.2, -0.15) is 0 Å². The molecule has 0 bridgehead atoms. The Kier molecular flexibility index (Phi) is 5.34. The Balaban J connectivity index is 1.70. The molecule has 1 atom stereocenters. The molecule has 130 valence electrons. The predicted octanol–water partition coefficient (Wildman–Crippen LogP) is 3.07. The number of amides is 1. The van der Waals surface area contributed by atoms with Gasteiger partial charge in [-0.25, -0.2) is 4.98 Å². The summed E-state index contributed by atoms with van der Waals surface area (Å²) in [6.45, 7) is 1.83. The summed E-state index contributed by atoms with van der Waals surface area (Å²) >= 11 is 2.74. The quantitative estimate of drug-likeness (QED) is 0.667. The van der Waals surface area contributed by atoms with Crippen LogP contribution in [-0.4, -0.2) is 38.0 Å². The molecule has 1 aromatic carbocycles. The lowest BCUT2D eigenvalue weighted by Crippen LogP contribution is -2.22. The van der Waals surface area contributed by atoms with E-state index in [0.29, 0.717) is 10.3 Å². The number of nitrogens with one attached hydrogen (secondary N) is 1. The van der Waals surface area contributed by atoms with Gasteiger partial charge in [0.1, 0.15) is 5.75 Å². The van der Waals surface area contributed by atoms with Crippen molar-refractivity contribution >= 4 is 34.1 Å². The van der Waals surface area contributed by atoms with E-state index in [9.17, 15) is 4.79 Å². The molecule has 1 N–H and O–H groups in total. The van der Waals surface area contributed by atoms with E-state index in [2.05, 4.69) is 20.5 Å². The molecular formula is C16H17N5O2S2. The summed E-state index contributed by atoms with van der Waals surface area (Å²) in [5.41, 5.74) is 0.933. The van der Waals surface area contributed by atoms with E-state index in [4.69, 9.17) is 4.74 Å². The van der Waals surface area contributed by atoms with Crippen LogP contribution in [0.1, 0.15) is 6.92 Å². The van der Waals surface area contributed by atoms with Crippen molar-refractivity contribution in [3.63, 3.8) is 0 Å². The molecule has 2 aromatic heterocycles. The summed E-state index contributed by atoms with van der Waals surface area (Å²) in [5.74, 6) is 1.40. The number of carbonyl (C=O) groups excluding carboxylic acids is 1. The van der Waals surface area contributed by atoms with Crippen LogP contribution in [0, 0.1) is 0 Å². The van der Waals surface area contributed by atoms with E-state index in [1.54, 1.807) is 13.3 Å². The highest BCUT2D eigenvalue weighted by atomic mass is 32.2. The largest absolute Gasteiger partial charge is 0.497 e. The lowest BCUT2D eigenvalue weighted by Gasteiger charge is -2.10. The molecule has 3 rings (SSSR count). The number of rotatable bonds is 6. The molecule has 0 saturated heterocycles. The molecular weight excluding hydrogens is 358 g/mol. The summed E-state index contributed by atoms with van der Waals surface area (Å²) in [6, 6.07) is 7.60. The van der Waals surface area contributed by atoms with Gasteiger partial charge in [0.05, 0.1) is 12.4 Å². The fourth-order valence-corrected chi connectivity index (χ4v) is 3.46. The van der Waals surface area contributed by atoms with Gasteiger partial charge >= 0.3 is 0 Å². The first-order chi connectivity index (χ1) is 12.1. The van der Waals surface area contributed by atoms with E-state index in [-0.39, 0.29) is 11.2 Å². The maximum atomic E-state index is 12.2. The molecule has 0 aliphatic carbocycles. The van der Waals surface area contributed by atoms with E-state index >= 15 is 0 Å². The number of benzene rings is 1. The molecule has 0 radical (unpaired) electrons. The lowest BCUT2D eigenvalue weighted by molar-refractivity contribution is -0.115. The molecule has 2 heterocycles. The number of nitrogens with zero attached hydrogens (tertiary/aromatic N) is 4. The number of thioether (sulfide) groups is 1. The fourth-order valence-electron chi connectivity index (χ4n) is 2.11. The Labute approximate surface area is 153 Å². The molecule has 1 amide bonds. The number of ether oxygens (including phenoxy) is 1. The Hall–Kier alpha value is -2.39. The predicted molar refractivity (Wildman–Crippen MR) is 99.1 cm³/mol. The first kappa shape index (κ1) is 17.4. The van der Waals surface area contributed by atoms with Gasteiger partial charge < -0.3 is 14.6 Å². The van der Waals surface area contributed by atoms with E-state index in [1.165, 1.54) is 23.1 Å². The molecule has 25 heavy (non-hydrogen) atoms. The summed E-state index contributed by atoms with van der Waals surface area (Å²) in [6.07, 6.45) is 1.65. The number of hydrogen-bond donors (Lipinski definition) is 1. The van der Waals surface area contributed by atoms with E-state index < -0.39 is 0 Å². The minimum absolute atomic E-state index is 0.117. The van der Waals surface area contributed by atoms with Crippen LogP contribution in [0.3, 0.4) is 0 Å². The molecule has 0 fully saturated rings. The number of aromatic nitrogens is 4. The molecule has 7 nitrogen and oxygen atoms in total. The zero-order valence-corrected chi connectivity index (χ0v) is 15.6. The highest BCUT2D eigenvalue weighted by Gasteiger charge is 2.20. The van der Waals surface area contributed by atoms with Crippen molar-refractivity contribution in [2.24, 2.45) is 7.05 Å². The Morgan fingerprint density at radius 1 is 1.32 bits per heavy atom. The minimum Gasteiger partial charge on any atom is -0.497 e. The van der Waals surface area contributed by atoms with Crippen LogP contribution in [0.2, 0.25) is 0 Å². The summed E-state index contributed by atoms with van der Waals surface area (Å²) in [4.78, 5) is 16.3. The maximum absolute atomic E-state index is 12.2. The van der Waals surface area contributed by atoms with Gasteiger partial charge in [-0.15, -0.1) is 21.5 Å². The van der Waals surface area contributed by atoms with Crippen molar-refractivity contribution in [2.45, 2.75) is 17.3 Å². The third-order valence-electron chi connectivity index (χ3n) is 3.50. The SMILES string of the molecule is COc1ccc(-c2nnc(S[C@@H](C)C(=O)Nc3nccs3)n2C)cc1. The average molecular weight is 375 g/mol. The molecule has 3 aromatic rings. The standard InChI is InChI=1S/C16H17N5O2S2/c1-10(14(22)18-15-17-8-9-24-15)25-16-20-19-13(21(16)2)11-4-6-12(23-3)7-5-11/h4-10H,1-3H3,(H,17,18,22)/t10-/m0/s1. The molecule has 0 aliphatic heterocycles. The van der Waals surface area contributed by atoms with Crippen LogP contribution >= 0.6 is 23.1 Å². The lowest BCUT2D eigenvalue weighted by atomic mass is 10.2. The average Bonchev–Trinajstić information content (AvgIpc) is 3.25. The van der Waals surface area contributed by atoms with Crippen molar-refractivity contribution in [3.05, 3.63) is 35.8 Å². The van der Waals surface area contributed by atoms with Gasteiger partial charge in [0.25, 0.3) is 0 Å². The molecule has 0 unspecified atom stereocenters. The molecule has 0 spiro atoms. The molecule has 0 saturated carbocycles. The van der Waals surface area contributed by atoms with Crippen molar-refractivity contribution < 1.29 is 9.53 Å². The number of methoxy groups -OCH3 is 1. The Morgan fingerprint density at radius 3 is 2.72 bits per heavy atom. The number of thiazole rings is 1. The van der Waals surface area contributed by atoms with Crippen LogP contribution in [0.25, 0.3) is 11.4 Å². The summed E-state index contributed by atoms with van der Waals surface area (Å²) in [7, 11) is 3.51. The highest BCUT2D eigenvalue weighted by molar-refractivity contribution is 8.00. The van der Waals surface area contributed by atoms with Gasteiger partial charge in [0.2, 0.25) is 5.91 Å². The number of carbonyl (C=O) groups is 1. The monoisotopic (exact) mass is 375 g/mol. The van der Waals surface area contributed by atoms with E-state index in [0.717, 1.165) is 17.1 Å². The zero-order chi connectivity index (χ0) is 17.8. The van der Waals surface area contributed by atoms with Crippen molar-refractivity contribution in [1.29, 1.82) is 0 Å². The Bertz CT molecular complexity index is 846. The number of hydrogen-bond acceptors (Lipinski definition) is 7. The molecule has 9 heteroatoms. The summed E-state index contributed by atoms with van der Waals surface area (Å²) < 4.78 is 7.04. The summed E-state index contributed by atoms with van der Waals surface area (Å²) in [5, 5.41) is 14.0. The van der Waals surface area contributed by atoms with Gasteiger partial charge in [-0.3, -0.25) is 4.79 Å². The van der Waals surface area contributed by atoms with Crippen LogP contribution in [0.4, 0.5) is 5.13 Å². The maximum Gasteiger partial charge on any atom is 0.239 e. The zero-order valence-electron chi connectivity index (χ0n) is 14.0. The second-order valence-corrected chi connectivity index (χ2v) is 7.38. The second-order valence-electron chi connectivity index (χ2n) is 5.18. The third kappa shape index (κ3) is 3.99. The van der Waals surface area contributed by atoms with Gasteiger partial charge in [0.15, 0.2) is 16.1 Å². The Morgan fingerprint density at radius 2 is 2.08 bits per heavy atom. The first-order valence-corrected chi connectivity index (χ1v) is 9.25. The van der Waals surface area contributed by atoms with Gasteiger partial charge in [0, 0.05) is 24.2 Å².